The minimum atomic E-state index is -0.262. The summed E-state index contributed by atoms with van der Waals surface area (Å²) in [7, 11) is 1.66. The smallest absolute Gasteiger partial charge is 0.191 e. The van der Waals surface area contributed by atoms with E-state index in [-0.39, 0.29) is 29.8 Å². The van der Waals surface area contributed by atoms with Crippen LogP contribution < -0.4 is 15.4 Å². The fraction of sp³-hybridized carbons (Fsp3) is 0.611. The van der Waals surface area contributed by atoms with Crippen LogP contribution >= 0.6 is 24.0 Å². The molecule has 26 heavy (non-hydrogen) atoms. The van der Waals surface area contributed by atoms with Gasteiger partial charge in [-0.15, -0.1) is 24.0 Å². The number of nitrogens with zero attached hydrogens (tertiary/aromatic N) is 1. The molecule has 6 nitrogen and oxygen atoms in total. The van der Waals surface area contributed by atoms with Gasteiger partial charge in [0, 0.05) is 39.8 Å². The molecule has 0 unspecified atom stereocenters. The summed E-state index contributed by atoms with van der Waals surface area (Å²) in [6, 6.07) is 6.03. The molecule has 2 N–H and O–H groups in total. The van der Waals surface area contributed by atoms with E-state index in [1.807, 2.05) is 6.92 Å². The van der Waals surface area contributed by atoms with Crippen molar-refractivity contribution in [2.24, 2.45) is 4.99 Å². The standard InChI is InChI=1S/C18H30FN3O3.HI/c1-3-20-18(21-10-4-12-24-15-14-23-2)22-11-5-13-25-17-8-6-16(19)7-9-17;/h6-9H,3-5,10-15H2,1-2H3,(H2,20,21,22);1H. The Morgan fingerprint density at radius 3 is 2.50 bits per heavy atom. The maximum Gasteiger partial charge on any atom is 0.191 e. The summed E-state index contributed by atoms with van der Waals surface area (Å²) in [5.41, 5.74) is 0. The number of benzene rings is 1. The van der Waals surface area contributed by atoms with E-state index in [4.69, 9.17) is 14.2 Å². The normalized spacial score (nSPS) is 11.0. The largest absolute Gasteiger partial charge is 0.494 e. The Labute approximate surface area is 172 Å². The van der Waals surface area contributed by atoms with Crippen LogP contribution in [0.2, 0.25) is 0 Å². The third-order valence-corrected chi connectivity index (χ3v) is 3.19. The molecule has 0 aromatic heterocycles. The van der Waals surface area contributed by atoms with E-state index in [1.165, 1.54) is 12.1 Å². The Bertz CT molecular complexity index is 475. The molecule has 0 fully saturated rings. The average molecular weight is 483 g/mol. The van der Waals surface area contributed by atoms with Crippen LogP contribution in [0.5, 0.6) is 5.75 Å². The van der Waals surface area contributed by atoms with Gasteiger partial charge in [0.05, 0.1) is 19.8 Å². The zero-order valence-corrected chi connectivity index (χ0v) is 18.0. The van der Waals surface area contributed by atoms with Crippen LogP contribution in [-0.4, -0.2) is 59.1 Å². The quantitative estimate of drug-likeness (QED) is 0.196. The number of nitrogens with one attached hydrogen (secondary N) is 2. The number of aliphatic imine (C=N–C) groups is 1. The van der Waals surface area contributed by atoms with Crippen molar-refractivity contribution in [3.63, 3.8) is 0 Å². The van der Waals surface area contributed by atoms with Gasteiger partial charge in [0.15, 0.2) is 5.96 Å². The van der Waals surface area contributed by atoms with E-state index in [1.54, 1.807) is 19.2 Å². The first-order chi connectivity index (χ1) is 12.3. The molecule has 0 bridgehead atoms. The minimum Gasteiger partial charge on any atom is -0.494 e. The van der Waals surface area contributed by atoms with Gasteiger partial charge in [0.25, 0.3) is 0 Å². The van der Waals surface area contributed by atoms with Crippen LogP contribution in [-0.2, 0) is 9.47 Å². The lowest BCUT2D eigenvalue weighted by Gasteiger charge is -2.11. The molecule has 0 aliphatic heterocycles. The summed E-state index contributed by atoms with van der Waals surface area (Å²) in [5.74, 6) is 1.20. The van der Waals surface area contributed by atoms with Crippen molar-refractivity contribution in [3.05, 3.63) is 30.1 Å². The SMILES string of the molecule is CCNC(=NCCCOc1ccc(F)cc1)NCCCOCCOC.I. The molecule has 0 heterocycles. The lowest BCUT2D eigenvalue weighted by Crippen LogP contribution is -2.38. The maximum atomic E-state index is 12.8. The van der Waals surface area contributed by atoms with Crippen LogP contribution in [0.1, 0.15) is 19.8 Å². The molecule has 0 atom stereocenters. The Balaban J connectivity index is 0.00000625. The van der Waals surface area contributed by atoms with E-state index < -0.39 is 0 Å². The number of hydrogen-bond acceptors (Lipinski definition) is 4. The van der Waals surface area contributed by atoms with Crippen molar-refractivity contribution in [1.29, 1.82) is 0 Å². The van der Waals surface area contributed by atoms with E-state index in [0.717, 1.165) is 31.9 Å². The topological polar surface area (TPSA) is 64.1 Å². The van der Waals surface area contributed by atoms with Crippen LogP contribution in [0.3, 0.4) is 0 Å². The minimum absolute atomic E-state index is 0. The summed E-state index contributed by atoms with van der Waals surface area (Å²) in [4.78, 5) is 4.50. The van der Waals surface area contributed by atoms with Gasteiger partial charge >= 0.3 is 0 Å². The predicted octanol–water partition coefficient (Wildman–Crippen LogP) is 2.82. The molecule has 8 heteroatoms. The third kappa shape index (κ3) is 13.1. The Hall–Kier alpha value is -1.13. The molecule has 0 aliphatic rings. The highest BCUT2D eigenvalue weighted by molar-refractivity contribution is 14.0. The van der Waals surface area contributed by atoms with Crippen molar-refractivity contribution in [2.45, 2.75) is 19.8 Å². The average Bonchev–Trinajstić information content (AvgIpc) is 2.62. The van der Waals surface area contributed by atoms with Crippen molar-refractivity contribution < 1.29 is 18.6 Å². The highest BCUT2D eigenvalue weighted by Crippen LogP contribution is 2.10. The number of rotatable bonds is 13. The molecule has 1 aromatic rings. The van der Waals surface area contributed by atoms with E-state index >= 15 is 0 Å². The molecule has 0 amide bonds. The summed E-state index contributed by atoms with van der Waals surface area (Å²) < 4.78 is 28.7. The predicted molar refractivity (Wildman–Crippen MR) is 113 cm³/mol. The lowest BCUT2D eigenvalue weighted by molar-refractivity contribution is 0.0698. The van der Waals surface area contributed by atoms with E-state index in [2.05, 4.69) is 15.6 Å². The summed E-state index contributed by atoms with van der Waals surface area (Å²) in [6.45, 7) is 6.77. The van der Waals surface area contributed by atoms with Crippen molar-refractivity contribution >= 4 is 29.9 Å². The van der Waals surface area contributed by atoms with Gasteiger partial charge in [-0.3, -0.25) is 4.99 Å². The monoisotopic (exact) mass is 483 g/mol. The second kappa shape index (κ2) is 17.3. The van der Waals surface area contributed by atoms with Gasteiger partial charge in [-0.1, -0.05) is 0 Å². The van der Waals surface area contributed by atoms with Crippen LogP contribution in [0, 0.1) is 5.82 Å². The van der Waals surface area contributed by atoms with Crippen LogP contribution in [0.15, 0.2) is 29.3 Å². The van der Waals surface area contributed by atoms with Gasteiger partial charge in [-0.2, -0.15) is 0 Å². The van der Waals surface area contributed by atoms with Gasteiger partial charge in [-0.05, 0) is 37.6 Å². The number of ether oxygens (including phenoxy) is 3. The second-order valence-electron chi connectivity index (χ2n) is 5.30. The summed E-state index contributed by atoms with van der Waals surface area (Å²) >= 11 is 0. The van der Waals surface area contributed by atoms with Gasteiger partial charge < -0.3 is 24.8 Å². The molecule has 0 saturated heterocycles. The zero-order chi connectivity index (χ0) is 18.2. The third-order valence-electron chi connectivity index (χ3n) is 3.19. The molecule has 150 valence electrons. The molecule has 0 aliphatic carbocycles. The first-order valence-corrected chi connectivity index (χ1v) is 8.73. The van der Waals surface area contributed by atoms with Gasteiger partial charge in [0.2, 0.25) is 0 Å². The van der Waals surface area contributed by atoms with Gasteiger partial charge in [0.1, 0.15) is 11.6 Å². The maximum absolute atomic E-state index is 12.8. The molecule has 0 spiro atoms. The Morgan fingerprint density at radius 2 is 1.81 bits per heavy atom. The number of hydrogen-bond donors (Lipinski definition) is 2. The highest BCUT2D eigenvalue weighted by Gasteiger charge is 1.98. The Morgan fingerprint density at radius 1 is 1.04 bits per heavy atom. The van der Waals surface area contributed by atoms with E-state index in [0.29, 0.717) is 38.7 Å². The van der Waals surface area contributed by atoms with Crippen molar-refractivity contribution in [3.8, 4) is 5.75 Å². The zero-order valence-electron chi connectivity index (χ0n) is 15.6. The number of guanidine groups is 1. The fourth-order valence-electron chi connectivity index (χ4n) is 1.94. The Kier molecular flexibility index (Phi) is 16.5. The van der Waals surface area contributed by atoms with E-state index in [9.17, 15) is 4.39 Å². The molecular formula is C18H31FIN3O3. The fourth-order valence-corrected chi connectivity index (χ4v) is 1.94. The van der Waals surface area contributed by atoms with Crippen molar-refractivity contribution in [1.82, 2.24) is 10.6 Å². The first kappa shape index (κ1) is 24.9. The lowest BCUT2D eigenvalue weighted by atomic mass is 10.3. The summed E-state index contributed by atoms with van der Waals surface area (Å²) in [5, 5.41) is 6.48. The molecule has 0 radical (unpaired) electrons. The van der Waals surface area contributed by atoms with Gasteiger partial charge in [-0.25, -0.2) is 4.39 Å². The highest BCUT2D eigenvalue weighted by atomic mass is 127. The molecular weight excluding hydrogens is 452 g/mol. The first-order valence-electron chi connectivity index (χ1n) is 8.73. The number of halogens is 2. The van der Waals surface area contributed by atoms with Crippen LogP contribution in [0.4, 0.5) is 4.39 Å². The molecule has 0 saturated carbocycles. The van der Waals surface area contributed by atoms with Crippen LogP contribution in [0.25, 0.3) is 0 Å². The second-order valence-corrected chi connectivity index (χ2v) is 5.30. The molecule has 1 aromatic carbocycles. The van der Waals surface area contributed by atoms with Crippen molar-refractivity contribution in [2.75, 3.05) is 53.2 Å². The summed E-state index contributed by atoms with van der Waals surface area (Å²) in [6.07, 6.45) is 1.69. The molecule has 1 rings (SSSR count). The number of methoxy groups -OCH3 is 1.